The first-order valence-corrected chi connectivity index (χ1v) is 9.91. The Morgan fingerprint density at radius 2 is 1.97 bits per heavy atom. The van der Waals surface area contributed by atoms with Crippen molar-refractivity contribution in [2.24, 2.45) is 0 Å². The topological polar surface area (TPSA) is 77.6 Å². The van der Waals surface area contributed by atoms with Crippen LogP contribution in [0.5, 0.6) is 0 Å². The molecule has 1 aliphatic rings. The van der Waals surface area contributed by atoms with Gasteiger partial charge in [0.05, 0.1) is 17.1 Å². The van der Waals surface area contributed by atoms with Crippen molar-refractivity contribution >= 4 is 23.2 Å². The zero-order valence-electron chi connectivity index (χ0n) is 16.0. The van der Waals surface area contributed by atoms with Crippen LogP contribution in [0.15, 0.2) is 49.1 Å². The van der Waals surface area contributed by atoms with Gasteiger partial charge in [-0.3, -0.25) is 4.79 Å². The number of nitrogens with one attached hydrogen (secondary N) is 1. The Morgan fingerprint density at radius 1 is 1.10 bits per heavy atom. The molecule has 7 nitrogen and oxygen atoms in total. The van der Waals surface area contributed by atoms with E-state index in [4.69, 9.17) is 11.6 Å². The minimum Gasteiger partial charge on any atom is -0.319 e. The number of hydrogen-bond acceptors (Lipinski definition) is 4. The predicted molar refractivity (Wildman–Crippen MR) is 110 cm³/mol. The normalized spacial score (nSPS) is 12.7. The fraction of sp³-hybridized carbons (Fsp3) is 0.143. The van der Waals surface area contributed by atoms with E-state index in [1.807, 2.05) is 0 Å². The summed E-state index contributed by atoms with van der Waals surface area (Å²) in [6.07, 6.45) is 5.10. The van der Waals surface area contributed by atoms with Crippen LogP contribution in [0, 0.1) is 11.6 Å². The number of benzene rings is 2. The number of carbonyl (C=O) groups excluding carboxylic acids is 1. The van der Waals surface area contributed by atoms with Gasteiger partial charge in [-0.05, 0) is 49.6 Å². The summed E-state index contributed by atoms with van der Waals surface area (Å²) in [6.45, 7) is 0. The van der Waals surface area contributed by atoms with Crippen molar-refractivity contribution in [1.29, 1.82) is 0 Å². The van der Waals surface area contributed by atoms with Gasteiger partial charge in [-0.2, -0.15) is 10.2 Å². The van der Waals surface area contributed by atoms with Crippen LogP contribution in [0.25, 0.3) is 11.4 Å². The van der Waals surface area contributed by atoms with E-state index in [0.29, 0.717) is 34.9 Å². The van der Waals surface area contributed by atoms with Crippen LogP contribution in [0.1, 0.15) is 28.2 Å². The average Bonchev–Trinajstić information content (AvgIpc) is 3.48. The molecule has 4 aromatic rings. The van der Waals surface area contributed by atoms with E-state index in [9.17, 15) is 13.6 Å². The first-order valence-electron chi connectivity index (χ1n) is 9.53. The third-order valence-electron chi connectivity index (χ3n) is 5.17. The van der Waals surface area contributed by atoms with Gasteiger partial charge in [0.15, 0.2) is 17.3 Å². The maximum Gasteiger partial charge on any atom is 0.276 e. The van der Waals surface area contributed by atoms with Gasteiger partial charge in [0.2, 0.25) is 0 Å². The fourth-order valence-corrected chi connectivity index (χ4v) is 3.94. The zero-order valence-corrected chi connectivity index (χ0v) is 16.8. The molecule has 31 heavy (non-hydrogen) atoms. The number of nitrogens with zero attached hydrogens (tertiary/aromatic N) is 5. The molecule has 156 valence electrons. The lowest BCUT2D eigenvalue weighted by molar-refractivity contribution is 0.102. The summed E-state index contributed by atoms with van der Waals surface area (Å²) in [5.41, 5.74) is 3.25. The van der Waals surface area contributed by atoms with E-state index < -0.39 is 17.5 Å². The quantitative estimate of drug-likeness (QED) is 0.517. The van der Waals surface area contributed by atoms with Crippen LogP contribution in [-0.2, 0) is 12.8 Å². The molecule has 0 saturated carbocycles. The molecule has 0 bridgehead atoms. The number of rotatable bonds is 4. The Kier molecular flexibility index (Phi) is 4.74. The molecule has 0 radical (unpaired) electrons. The second-order valence-electron chi connectivity index (χ2n) is 7.09. The summed E-state index contributed by atoms with van der Waals surface area (Å²) < 4.78 is 30.1. The highest BCUT2D eigenvalue weighted by atomic mass is 35.5. The summed E-state index contributed by atoms with van der Waals surface area (Å²) in [5.74, 6) is -2.34. The summed E-state index contributed by atoms with van der Waals surface area (Å²) >= 11 is 6.13. The molecule has 1 amide bonds. The Balaban J connectivity index is 1.53. The van der Waals surface area contributed by atoms with Crippen molar-refractivity contribution in [3.05, 3.63) is 82.7 Å². The third kappa shape index (κ3) is 3.46. The summed E-state index contributed by atoms with van der Waals surface area (Å²) in [4.78, 5) is 17.1. The largest absolute Gasteiger partial charge is 0.319 e. The minimum atomic E-state index is -0.970. The lowest BCUT2D eigenvalue weighted by Crippen LogP contribution is -2.16. The Bertz CT molecular complexity index is 1300. The minimum absolute atomic E-state index is 0.238. The maximum absolute atomic E-state index is 13.8. The van der Waals surface area contributed by atoms with Crippen molar-refractivity contribution < 1.29 is 13.6 Å². The van der Waals surface area contributed by atoms with E-state index in [2.05, 4.69) is 20.5 Å². The first kappa shape index (κ1) is 19.4. The number of hydrogen-bond donors (Lipinski definition) is 1. The molecule has 10 heteroatoms. The van der Waals surface area contributed by atoms with E-state index in [1.165, 1.54) is 28.1 Å². The van der Waals surface area contributed by atoms with Gasteiger partial charge in [0.1, 0.15) is 12.7 Å². The third-order valence-corrected chi connectivity index (χ3v) is 5.40. The van der Waals surface area contributed by atoms with Crippen molar-refractivity contribution in [2.45, 2.75) is 19.3 Å². The standard InChI is InChI=1S/C21H15ClF2N6O/c22-12-4-7-19(29-11-25-10-26-29)17(8-12)27-21(31)20-14-2-1-3-18(14)30(28-20)13-5-6-15(23)16(24)9-13/h4-11H,1-3H2,(H,27,31). The van der Waals surface area contributed by atoms with Crippen molar-refractivity contribution in [3.8, 4) is 11.4 Å². The van der Waals surface area contributed by atoms with Crippen molar-refractivity contribution in [2.75, 3.05) is 5.32 Å². The van der Waals surface area contributed by atoms with Gasteiger partial charge >= 0.3 is 0 Å². The second kappa shape index (κ2) is 7.59. The fourth-order valence-electron chi connectivity index (χ4n) is 3.77. The van der Waals surface area contributed by atoms with Gasteiger partial charge in [0.25, 0.3) is 5.91 Å². The molecule has 0 saturated heterocycles. The average molecular weight is 441 g/mol. The Hall–Kier alpha value is -3.59. The van der Waals surface area contributed by atoms with Crippen molar-refractivity contribution in [3.63, 3.8) is 0 Å². The van der Waals surface area contributed by atoms with Crippen LogP contribution >= 0.6 is 11.6 Å². The number of anilines is 1. The SMILES string of the molecule is O=C(Nc1cc(Cl)ccc1-n1cncn1)c1nn(-c2ccc(F)c(F)c2)c2c1CCC2. The molecule has 2 aromatic heterocycles. The number of amides is 1. The Morgan fingerprint density at radius 3 is 2.74 bits per heavy atom. The molecule has 2 aromatic carbocycles. The van der Waals surface area contributed by atoms with Crippen LogP contribution in [0.2, 0.25) is 5.02 Å². The van der Waals surface area contributed by atoms with Gasteiger partial charge in [-0.15, -0.1) is 0 Å². The Labute approximate surface area is 180 Å². The molecule has 1 N–H and O–H groups in total. The second-order valence-corrected chi connectivity index (χ2v) is 7.53. The molecule has 2 heterocycles. The highest BCUT2D eigenvalue weighted by Gasteiger charge is 2.28. The van der Waals surface area contributed by atoms with Crippen LogP contribution < -0.4 is 5.32 Å². The molecular formula is C21H15ClF2N6O. The summed E-state index contributed by atoms with van der Waals surface area (Å²) in [6, 6.07) is 8.57. The van der Waals surface area contributed by atoms with Crippen LogP contribution in [0.3, 0.4) is 0 Å². The van der Waals surface area contributed by atoms with Crippen LogP contribution in [-0.4, -0.2) is 30.5 Å². The number of fused-ring (bicyclic) bond motifs is 1. The van der Waals surface area contributed by atoms with E-state index in [1.54, 1.807) is 18.2 Å². The van der Waals surface area contributed by atoms with Crippen LogP contribution in [0.4, 0.5) is 14.5 Å². The highest BCUT2D eigenvalue weighted by Crippen LogP contribution is 2.30. The summed E-state index contributed by atoms with van der Waals surface area (Å²) in [7, 11) is 0. The monoisotopic (exact) mass is 440 g/mol. The maximum atomic E-state index is 13.8. The van der Waals surface area contributed by atoms with Gasteiger partial charge in [-0.1, -0.05) is 11.6 Å². The molecular weight excluding hydrogens is 426 g/mol. The highest BCUT2D eigenvalue weighted by molar-refractivity contribution is 6.31. The lowest BCUT2D eigenvalue weighted by Gasteiger charge is -2.11. The molecule has 0 spiro atoms. The molecule has 1 aliphatic carbocycles. The number of halogens is 3. The van der Waals surface area contributed by atoms with E-state index in [0.717, 1.165) is 29.8 Å². The summed E-state index contributed by atoms with van der Waals surface area (Å²) in [5, 5.41) is 11.8. The number of aromatic nitrogens is 5. The smallest absolute Gasteiger partial charge is 0.276 e. The first-order chi connectivity index (χ1) is 15.0. The molecule has 0 aliphatic heterocycles. The molecule has 0 unspecified atom stereocenters. The van der Waals surface area contributed by atoms with Gasteiger partial charge in [-0.25, -0.2) is 23.1 Å². The lowest BCUT2D eigenvalue weighted by atomic mass is 10.2. The number of carbonyl (C=O) groups is 1. The molecule has 0 atom stereocenters. The van der Waals surface area contributed by atoms with E-state index >= 15 is 0 Å². The van der Waals surface area contributed by atoms with E-state index in [-0.39, 0.29) is 5.69 Å². The predicted octanol–water partition coefficient (Wildman–Crippen LogP) is 4.13. The molecule has 0 fully saturated rings. The van der Waals surface area contributed by atoms with Gasteiger partial charge < -0.3 is 5.32 Å². The zero-order chi connectivity index (χ0) is 21.5. The van der Waals surface area contributed by atoms with Gasteiger partial charge in [0, 0.05) is 22.3 Å². The van der Waals surface area contributed by atoms with Crippen molar-refractivity contribution in [1.82, 2.24) is 24.5 Å². The molecule has 5 rings (SSSR count).